The Labute approximate surface area is 119 Å². The molecule has 0 fully saturated rings. The molecule has 19 heavy (non-hydrogen) atoms. The average molecular weight is 284 g/mol. The monoisotopic (exact) mass is 283 g/mol. The molecule has 0 heterocycles. The second-order valence-corrected chi connectivity index (χ2v) is 5.47. The highest BCUT2D eigenvalue weighted by Gasteiger charge is 2.15. The molecule has 0 N–H and O–H groups in total. The van der Waals surface area contributed by atoms with Crippen LogP contribution in [0.3, 0.4) is 0 Å². The number of benzene rings is 1. The fraction of sp³-hybridized carbons (Fsp3) is 0.533. The number of rotatable bonds is 7. The molecular formula is C15H19ClFNO. The van der Waals surface area contributed by atoms with E-state index in [9.17, 15) is 4.39 Å². The van der Waals surface area contributed by atoms with E-state index in [1.54, 1.807) is 12.1 Å². The molecule has 0 amide bonds. The Morgan fingerprint density at radius 1 is 1.37 bits per heavy atom. The Balaban J connectivity index is 2.32. The molecule has 0 bridgehead atoms. The van der Waals surface area contributed by atoms with Gasteiger partial charge >= 0.3 is 0 Å². The van der Waals surface area contributed by atoms with Crippen molar-refractivity contribution in [1.29, 1.82) is 5.26 Å². The van der Waals surface area contributed by atoms with Crippen molar-refractivity contribution in [2.75, 3.05) is 6.61 Å². The van der Waals surface area contributed by atoms with Crippen LogP contribution in [-0.2, 0) is 5.88 Å². The van der Waals surface area contributed by atoms with Gasteiger partial charge in [0.25, 0.3) is 0 Å². The third-order valence-corrected chi connectivity index (χ3v) is 3.22. The Kier molecular flexibility index (Phi) is 6.11. The van der Waals surface area contributed by atoms with E-state index in [4.69, 9.17) is 21.6 Å². The minimum atomic E-state index is -0.379. The van der Waals surface area contributed by atoms with Crippen molar-refractivity contribution in [1.82, 2.24) is 0 Å². The SMILES string of the molecule is CC(C)(C#N)CCCCOc1ccc(CCl)cc1F. The summed E-state index contributed by atoms with van der Waals surface area (Å²) >= 11 is 5.62. The first-order valence-corrected chi connectivity index (χ1v) is 6.90. The van der Waals surface area contributed by atoms with E-state index >= 15 is 0 Å². The van der Waals surface area contributed by atoms with E-state index in [1.165, 1.54) is 6.07 Å². The molecule has 0 saturated carbocycles. The zero-order chi connectivity index (χ0) is 14.3. The molecular weight excluding hydrogens is 265 g/mol. The van der Waals surface area contributed by atoms with Gasteiger partial charge in [-0.3, -0.25) is 0 Å². The van der Waals surface area contributed by atoms with Crippen LogP contribution in [0.1, 0.15) is 38.7 Å². The summed E-state index contributed by atoms with van der Waals surface area (Å²) in [6, 6.07) is 7.01. The third-order valence-electron chi connectivity index (χ3n) is 2.91. The molecule has 1 rings (SSSR count). The summed E-state index contributed by atoms with van der Waals surface area (Å²) in [4.78, 5) is 0. The molecule has 1 aromatic rings. The Morgan fingerprint density at radius 2 is 2.11 bits per heavy atom. The topological polar surface area (TPSA) is 33.0 Å². The summed E-state index contributed by atoms with van der Waals surface area (Å²) in [7, 11) is 0. The average Bonchev–Trinajstić information content (AvgIpc) is 2.39. The van der Waals surface area contributed by atoms with E-state index in [0.29, 0.717) is 12.5 Å². The highest BCUT2D eigenvalue weighted by Crippen LogP contribution is 2.23. The van der Waals surface area contributed by atoms with Crippen molar-refractivity contribution in [3.05, 3.63) is 29.6 Å². The van der Waals surface area contributed by atoms with Gasteiger partial charge in [0.2, 0.25) is 0 Å². The van der Waals surface area contributed by atoms with E-state index in [-0.39, 0.29) is 17.0 Å². The number of hydrogen-bond donors (Lipinski definition) is 0. The Hall–Kier alpha value is -1.27. The molecule has 4 heteroatoms. The smallest absolute Gasteiger partial charge is 0.165 e. The highest BCUT2D eigenvalue weighted by molar-refractivity contribution is 6.17. The van der Waals surface area contributed by atoms with E-state index in [0.717, 1.165) is 24.8 Å². The predicted molar refractivity (Wildman–Crippen MR) is 74.7 cm³/mol. The van der Waals surface area contributed by atoms with Gasteiger partial charge in [0.1, 0.15) is 0 Å². The third kappa shape index (κ3) is 5.48. The lowest BCUT2D eigenvalue weighted by atomic mass is 9.89. The van der Waals surface area contributed by atoms with Gasteiger partial charge in [-0.15, -0.1) is 11.6 Å². The number of nitriles is 1. The second kappa shape index (κ2) is 7.35. The highest BCUT2D eigenvalue weighted by atomic mass is 35.5. The number of ether oxygens (including phenoxy) is 1. The van der Waals surface area contributed by atoms with Crippen molar-refractivity contribution < 1.29 is 9.13 Å². The van der Waals surface area contributed by atoms with Gasteiger partial charge in [0, 0.05) is 5.88 Å². The zero-order valence-corrected chi connectivity index (χ0v) is 12.1. The van der Waals surface area contributed by atoms with E-state index in [2.05, 4.69) is 6.07 Å². The quantitative estimate of drug-likeness (QED) is 0.538. The van der Waals surface area contributed by atoms with Gasteiger partial charge in [-0.2, -0.15) is 5.26 Å². The summed E-state index contributed by atoms with van der Waals surface area (Å²) in [6.45, 7) is 4.29. The maximum atomic E-state index is 13.6. The number of unbranched alkanes of at least 4 members (excludes halogenated alkanes) is 1. The molecule has 1 aromatic carbocycles. The minimum absolute atomic E-state index is 0.258. The first-order chi connectivity index (χ1) is 8.98. The van der Waals surface area contributed by atoms with Gasteiger partial charge in [-0.05, 0) is 50.8 Å². The van der Waals surface area contributed by atoms with E-state index in [1.807, 2.05) is 13.8 Å². The molecule has 0 spiro atoms. The van der Waals surface area contributed by atoms with E-state index < -0.39 is 0 Å². The summed E-state index contributed by atoms with van der Waals surface area (Å²) in [5, 5.41) is 8.87. The standard InChI is InChI=1S/C15H19ClFNO/c1-15(2,11-18)7-3-4-8-19-14-6-5-12(10-16)9-13(14)17/h5-6,9H,3-4,7-8,10H2,1-2H3. The summed E-state index contributed by atoms with van der Waals surface area (Å²) in [5.41, 5.74) is 0.440. The minimum Gasteiger partial charge on any atom is -0.491 e. The molecule has 0 aliphatic heterocycles. The number of halogens is 2. The largest absolute Gasteiger partial charge is 0.491 e. The van der Waals surface area contributed by atoms with Crippen LogP contribution in [0.4, 0.5) is 4.39 Å². The lowest BCUT2D eigenvalue weighted by molar-refractivity contribution is 0.282. The number of nitrogens with zero attached hydrogens (tertiary/aromatic N) is 1. The van der Waals surface area contributed by atoms with Gasteiger partial charge in [-0.25, -0.2) is 4.39 Å². The van der Waals surface area contributed by atoms with Crippen LogP contribution in [0.5, 0.6) is 5.75 Å². The molecule has 0 aliphatic rings. The normalized spacial score (nSPS) is 11.1. The first kappa shape index (κ1) is 15.8. The lowest BCUT2D eigenvalue weighted by Crippen LogP contribution is -2.08. The number of alkyl halides is 1. The maximum absolute atomic E-state index is 13.6. The van der Waals surface area contributed by atoms with Gasteiger partial charge in [0.05, 0.1) is 18.1 Å². The predicted octanol–water partition coefficient (Wildman–Crippen LogP) is 4.66. The van der Waals surface area contributed by atoms with Crippen LogP contribution < -0.4 is 4.74 Å². The molecule has 0 unspecified atom stereocenters. The molecule has 0 aromatic heterocycles. The van der Waals surface area contributed by atoms with Gasteiger partial charge in [0.15, 0.2) is 11.6 Å². The zero-order valence-electron chi connectivity index (χ0n) is 11.4. The van der Waals surface area contributed by atoms with Gasteiger partial charge < -0.3 is 4.74 Å². The number of hydrogen-bond acceptors (Lipinski definition) is 2. The van der Waals surface area contributed by atoms with Crippen molar-refractivity contribution in [3.8, 4) is 11.8 Å². The summed E-state index contributed by atoms with van der Waals surface area (Å²) < 4.78 is 18.9. The maximum Gasteiger partial charge on any atom is 0.165 e. The summed E-state index contributed by atoms with van der Waals surface area (Å²) in [6.07, 6.45) is 2.52. The van der Waals surface area contributed by atoms with Crippen LogP contribution in [0.15, 0.2) is 18.2 Å². The van der Waals surface area contributed by atoms with Gasteiger partial charge in [-0.1, -0.05) is 6.07 Å². The summed E-state index contributed by atoms with van der Waals surface area (Å²) in [5.74, 6) is 0.171. The first-order valence-electron chi connectivity index (χ1n) is 6.37. The molecule has 0 saturated heterocycles. The fourth-order valence-electron chi connectivity index (χ4n) is 1.65. The van der Waals surface area contributed by atoms with Crippen molar-refractivity contribution in [2.45, 2.75) is 39.0 Å². The second-order valence-electron chi connectivity index (χ2n) is 5.20. The van der Waals surface area contributed by atoms with Crippen molar-refractivity contribution in [3.63, 3.8) is 0 Å². The van der Waals surface area contributed by atoms with Crippen molar-refractivity contribution in [2.24, 2.45) is 5.41 Å². The van der Waals surface area contributed by atoms with Crippen molar-refractivity contribution >= 4 is 11.6 Å². The van der Waals surface area contributed by atoms with Crippen LogP contribution in [0.25, 0.3) is 0 Å². The molecule has 104 valence electrons. The van der Waals surface area contributed by atoms with Crippen LogP contribution in [0.2, 0.25) is 0 Å². The fourth-order valence-corrected chi connectivity index (χ4v) is 1.82. The van der Waals surface area contributed by atoms with Crippen LogP contribution >= 0.6 is 11.6 Å². The lowest BCUT2D eigenvalue weighted by Gasteiger charge is -2.14. The Bertz CT molecular complexity index is 454. The molecule has 0 aliphatic carbocycles. The molecule has 0 atom stereocenters. The Morgan fingerprint density at radius 3 is 2.68 bits per heavy atom. The van der Waals surface area contributed by atoms with Crippen LogP contribution in [-0.4, -0.2) is 6.61 Å². The van der Waals surface area contributed by atoms with Crippen LogP contribution in [0, 0.1) is 22.6 Å². The molecule has 2 nitrogen and oxygen atoms in total. The molecule has 0 radical (unpaired) electrons.